The Hall–Kier alpha value is -2.12. The Kier molecular flexibility index (Phi) is 5.45. The molecule has 0 radical (unpaired) electrons. The molecule has 0 saturated carbocycles. The van der Waals surface area contributed by atoms with E-state index < -0.39 is 12.0 Å². The Balaban J connectivity index is 0.000000288. The van der Waals surface area contributed by atoms with Crippen LogP contribution in [0.1, 0.15) is 10.4 Å². The number of carbonyl (C=O) groups is 2. The summed E-state index contributed by atoms with van der Waals surface area (Å²) >= 11 is 0. The van der Waals surface area contributed by atoms with Crippen LogP contribution in [0.15, 0.2) is 30.3 Å². The molecule has 0 atom stereocenters. The number of carboxylic acid groups (broad SMARTS) is 1. The van der Waals surface area contributed by atoms with E-state index in [2.05, 4.69) is 17.4 Å². The summed E-state index contributed by atoms with van der Waals surface area (Å²) in [5.41, 5.74) is 4.80. The van der Waals surface area contributed by atoms with Gasteiger partial charge >= 0.3 is 12.0 Å². The van der Waals surface area contributed by atoms with Gasteiger partial charge in [0.25, 0.3) is 0 Å². The van der Waals surface area contributed by atoms with Gasteiger partial charge in [-0.1, -0.05) is 18.2 Å². The number of carboxylic acids is 1. The van der Waals surface area contributed by atoms with E-state index in [1.54, 1.807) is 30.3 Å². The van der Waals surface area contributed by atoms with Crippen LogP contribution in [0.3, 0.4) is 0 Å². The summed E-state index contributed by atoms with van der Waals surface area (Å²) in [5.74, 6) is 8.26. The highest BCUT2D eigenvalue weighted by atomic mass is 16.4. The van der Waals surface area contributed by atoms with Gasteiger partial charge in [0.05, 0.1) is 5.56 Å². The van der Waals surface area contributed by atoms with Gasteiger partial charge in [0.15, 0.2) is 0 Å². The second kappa shape index (κ2) is 6.35. The van der Waals surface area contributed by atoms with Crippen LogP contribution >= 0.6 is 0 Å². The fourth-order valence-corrected chi connectivity index (χ4v) is 0.581. The number of urea groups is 1. The van der Waals surface area contributed by atoms with Crippen molar-refractivity contribution in [3.05, 3.63) is 35.9 Å². The Bertz CT molecular complexity index is 326. The van der Waals surface area contributed by atoms with E-state index in [0.717, 1.165) is 0 Å². The first-order valence-corrected chi connectivity index (χ1v) is 3.82. The lowest BCUT2D eigenvalue weighted by atomic mass is 10.2. The molecule has 0 aliphatic rings. The molecule has 0 unspecified atom stereocenters. The smallest absolute Gasteiger partial charge is 0.343 e. The van der Waals surface area contributed by atoms with Crippen molar-refractivity contribution in [2.75, 3.05) is 0 Å². The van der Waals surface area contributed by atoms with Crippen LogP contribution in [0.5, 0.6) is 0 Å². The molecule has 0 fully saturated rings. The lowest BCUT2D eigenvalue weighted by Crippen LogP contribution is -2.46. The van der Waals surface area contributed by atoms with Crippen LogP contribution < -0.4 is 17.4 Å². The number of aromatic carboxylic acids is 1. The molecule has 0 bridgehead atoms. The van der Waals surface area contributed by atoms with Gasteiger partial charge < -0.3 is 10.8 Å². The van der Waals surface area contributed by atoms with Gasteiger partial charge in [0.1, 0.15) is 0 Å². The first kappa shape index (κ1) is 12.9. The number of hydrazine groups is 2. The minimum Gasteiger partial charge on any atom is -0.478 e. The SMILES string of the molecule is NC(=O)N(N)N.O=C(O)c1ccccc1. The molecule has 1 rings (SSSR count). The summed E-state index contributed by atoms with van der Waals surface area (Å²) in [6, 6.07) is 7.44. The van der Waals surface area contributed by atoms with Crippen molar-refractivity contribution in [1.29, 1.82) is 0 Å². The maximum Gasteiger partial charge on any atom is 0.343 e. The summed E-state index contributed by atoms with van der Waals surface area (Å²) in [6.45, 7) is 0. The summed E-state index contributed by atoms with van der Waals surface area (Å²) in [7, 11) is 0. The molecule has 1 aromatic carbocycles. The van der Waals surface area contributed by atoms with Crippen molar-refractivity contribution in [3.8, 4) is 0 Å². The van der Waals surface area contributed by atoms with E-state index in [-0.39, 0.29) is 0 Å². The third-order valence-corrected chi connectivity index (χ3v) is 1.28. The Morgan fingerprint density at radius 2 is 1.53 bits per heavy atom. The third-order valence-electron chi connectivity index (χ3n) is 1.28. The van der Waals surface area contributed by atoms with Gasteiger partial charge in [0, 0.05) is 0 Å². The molecular formula is C8H12N4O3. The number of primary amides is 1. The van der Waals surface area contributed by atoms with E-state index in [9.17, 15) is 9.59 Å². The zero-order chi connectivity index (χ0) is 11.8. The first-order valence-electron chi connectivity index (χ1n) is 3.82. The molecular weight excluding hydrogens is 200 g/mol. The summed E-state index contributed by atoms with van der Waals surface area (Å²) in [4.78, 5) is 19.8. The largest absolute Gasteiger partial charge is 0.478 e. The van der Waals surface area contributed by atoms with E-state index in [1.165, 1.54) is 0 Å². The molecule has 0 saturated heterocycles. The molecule has 0 spiro atoms. The number of rotatable bonds is 1. The lowest BCUT2D eigenvalue weighted by Gasteiger charge is -2.00. The quantitative estimate of drug-likeness (QED) is 0.282. The second-order valence-electron chi connectivity index (χ2n) is 2.42. The number of amides is 2. The van der Waals surface area contributed by atoms with Crippen LogP contribution in [-0.2, 0) is 0 Å². The van der Waals surface area contributed by atoms with E-state index in [0.29, 0.717) is 10.7 Å². The van der Waals surface area contributed by atoms with E-state index in [1.807, 2.05) is 0 Å². The van der Waals surface area contributed by atoms with Gasteiger partial charge in [-0.15, -0.1) is 0 Å². The Morgan fingerprint density at radius 3 is 1.73 bits per heavy atom. The topological polar surface area (TPSA) is 136 Å². The zero-order valence-electron chi connectivity index (χ0n) is 7.83. The number of nitrogens with two attached hydrogens (primary N) is 3. The minimum absolute atomic E-state index is 0.306. The fourth-order valence-electron chi connectivity index (χ4n) is 0.581. The molecule has 7 N–H and O–H groups in total. The summed E-state index contributed by atoms with van der Waals surface area (Å²) < 4.78 is 0. The molecule has 0 aromatic heterocycles. The van der Waals surface area contributed by atoms with Crippen molar-refractivity contribution in [2.24, 2.45) is 17.4 Å². The maximum atomic E-state index is 10.2. The average Bonchev–Trinajstić information content (AvgIpc) is 2.20. The van der Waals surface area contributed by atoms with Crippen molar-refractivity contribution < 1.29 is 14.7 Å². The van der Waals surface area contributed by atoms with Crippen molar-refractivity contribution >= 4 is 12.0 Å². The van der Waals surface area contributed by atoms with Crippen molar-refractivity contribution in [2.45, 2.75) is 0 Å². The van der Waals surface area contributed by atoms with Gasteiger partial charge in [0.2, 0.25) is 0 Å². The lowest BCUT2D eigenvalue weighted by molar-refractivity contribution is 0.0697. The monoisotopic (exact) mass is 212 g/mol. The highest BCUT2D eigenvalue weighted by Crippen LogP contribution is 1.96. The number of carbonyl (C=O) groups excluding carboxylic acids is 1. The number of hydrogen-bond acceptors (Lipinski definition) is 4. The molecule has 2 amide bonds. The normalized spacial score (nSPS) is 8.40. The predicted molar refractivity (Wildman–Crippen MR) is 53.2 cm³/mol. The van der Waals surface area contributed by atoms with Gasteiger partial charge in [-0.2, -0.15) is 5.12 Å². The minimum atomic E-state index is -0.879. The predicted octanol–water partition coefficient (Wildman–Crippen LogP) is -0.501. The first-order chi connectivity index (χ1) is 6.95. The Morgan fingerprint density at radius 1 is 1.13 bits per heavy atom. The number of hydrogen-bond donors (Lipinski definition) is 4. The maximum absolute atomic E-state index is 10.2. The zero-order valence-corrected chi connectivity index (χ0v) is 7.83. The van der Waals surface area contributed by atoms with E-state index in [4.69, 9.17) is 5.11 Å². The molecule has 82 valence electrons. The van der Waals surface area contributed by atoms with Gasteiger partial charge in [-0.05, 0) is 12.1 Å². The molecule has 0 heterocycles. The molecule has 7 nitrogen and oxygen atoms in total. The fraction of sp³-hybridized carbons (Fsp3) is 0. The molecule has 0 aliphatic carbocycles. The molecule has 0 aliphatic heterocycles. The highest BCUT2D eigenvalue weighted by Gasteiger charge is 1.96. The second-order valence-corrected chi connectivity index (χ2v) is 2.42. The molecule has 15 heavy (non-hydrogen) atoms. The van der Waals surface area contributed by atoms with Gasteiger partial charge in [-0.25, -0.2) is 21.3 Å². The Labute approximate surface area is 86.0 Å². The molecule has 7 heteroatoms. The van der Waals surface area contributed by atoms with E-state index >= 15 is 0 Å². The van der Waals surface area contributed by atoms with Crippen molar-refractivity contribution in [1.82, 2.24) is 5.12 Å². The number of benzene rings is 1. The van der Waals surface area contributed by atoms with Crippen LogP contribution in [-0.4, -0.2) is 22.2 Å². The third kappa shape index (κ3) is 6.02. The highest BCUT2D eigenvalue weighted by molar-refractivity contribution is 5.87. The summed E-state index contributed by atoms with van der Waals surface area (Å²) in [6.07, 6.45) is 0. The van der Waals surface area contributed by atoms with Crippen LogP contribution in [0.25, 0.3) is 0 Å². The summed E-state index contributed by atoms with van der Waals surface area (Å²) in [5, 5.41) is 8.69. The van der Waals surface area contributed by atoms with Gasteiger partial charge in [-0.3, -0.25) is 0 Å². The van der Waals surface area contributed by atoms with Crippen molar-refractivity contribution in [3.63, 3.8) is 0 Å². The standard InChI is InChI=1S/C7H6O2.CH6N4O/c8-7(9)6-4-2-1-3-5-6;2-1(6)5(3)4/h1-5H,(H,8,9);3-4H2,(H2,2,6). The van der Waals surface area contributed by atoms with Crippen LogP contribution in [0, 0.1) is 0 Å². The number of nitrogens with zero attached hydrogens (tertiary/aromatic N) is 1. The molecule has 1 aromatic rings. The van der Waals surface area contributed by atoms with Crippen LogP contribution in [0.4, 0.5) is 4.79 Å². The average molecular weight is 212 g/mol. The van der Waals surface area contributed by atoms with Crippen LogP contribution in [0.2, 0.25) is 0 Å².